The van der Waals surface area contributed by atoms with Crippen LogP contribution < -0.4 is 16.0 Å². The number of carbonyl (C=O) groups excluding carboxylic acids is 1. The molecule has 0 aliphatic carbocycles. The summed E-state index contributed by atoms with van der Waals surface area (Å²) in [6.45, 7) is 3.87. The number of nitrogens with one attached hydrogen (secondary N) is 3. The third-order valence-corrected chi connectivity index (χ3v) is 2.60. The van der Waals surface area contributed by atoms with E-state index in [0.717, 1.165) is 13.1 Å². The molecule has 0 heterocycles. The molecule has 0 saturated heterocycles. The highest BCUT2D eigenvalue weighted by Crippen LogP contribution is 2.20. The molecule has 8 heteroatoms. The molecule has 0 radical (unpaired) electrons. The molecule has 0 aliphatic heterocycles. The number of carboxylic acid groups (broad SMARTS) is 1. The Morgan fingerprint density at radius 3 is 2.48 bits per heavy atom. The van der Waals surface area contributed by atoms with Gasteiger partial charge in [0.25, 0.3) is 0 Å². The van der Waals surface area contributed by atoms with Crippen molar-refractivity contribution in [2.75, 3.05) is 25.0 Å². The lowest BCUT2D eigenvalue weighted by atomic mass is 10.1. The molecular weight excluding hydrogens is 284 g/mol. The molecule has 0 atom stereocenters. The Hall–Kier alpha value is -2.22. The molecule has 0 aliphatic rings. The molecule has 1 aromatic rings. The highest BCUT2D eigenvalue weighted by Gasteiger charge is 2.16. The molecule has 1 rings (SSSR count). The minimum atomic E-state index is -1.46. The third kappa shape index (κ3) is 5.35. The van der Waals surface area contributed by atoms with E-state index in [-0.39, 0.29) is 5.69 Å². The number of urea groups is 1. The summed E-state index contributed by atoms with van der Waals surface area (Å²) in [6, 6.07) is 0.482. The molecule has 4 N–H and O–H groups in total. The van der Waals surface area contributed by atoms with Gasteiger partial charge in [0.2, 0.25) is 0 Å². The SMILES string of the molecule is CCNCCCNC(=O)Nc1cc(F)c(F)cc1C(=O)O. The van der Waals surface area contributed by atoms with E-state index in [9.17, 15) is 18.4 Å². The average molecular weight is 301 g/mol. The second kappa shape index (κ2) is 8.15. The standard InChI is InChI=1S/C13H17F2N3O3/c1-2-16-4-3-5-17-13(21)18-11-7-10(15)9(14)6-8(11)12(19)20/h6-7,16H,2-5H2,1H3,(H,19,20)(H2,17,18,21). The van der Waals surface area contributed by atoms with Gasteiger partial charge in [-0.1, -0.05) is 6.92 Å². The van der Waals surface area contributed by atoms with Crippen LogP contribution in [0.4, 0.5) is 19.3 Å². The summed E-state index contributed by atoms with van der Waals surface area (Å²) < 4.78 is 26.1. The van der Waals surface area contributed by atoms with Gasteiger partial charge < -0.3 is 21.1 Å². The first kappa shape index (κ1) is 16.8. The lowest BCUT2D eigenvalue weighted by molar-refractivity contribution is 0.0697. The molecule has 0 aromatic heterocycles. The lowest BCUT2D eigenvalue weighted by Gasteiger charge is -2.10. The van der Waals surface area contributed by atoms with Gasteiger partial charge in [0, 0.05) is 12.6 Å². The number of hydrogen-bond donors (Lipinski definition) is 4. The number of hydrogen-bond acceptors (Lipinski definition) is 3. The molecule has 1 aromatic carbocycles. The van der Waals surface area contributed by atoms with E-state index in [1.807, 2.05) is 6.92 Å². The Morgan fingerprint density at radius 2 is 1.86 bits per heavy atom. The van der Waals surface area contributed by atoms with Gasteiger partial charge in [0.1, 0.15) is 0 Å². The maximum atomic E-state index is 13.1. The van der Waals surface area contributed by atoms with Crippen molar-refractivity contribution >= 4 is 17.7 Å². The normalized spacial score (nSPS) is 10.2. The Kier molecular flexibility index (Phi) is 6.54. The number of halogens is 2. The molecular formula is C13H17F2N3O3. The molecule has 0 bridgehead atoms. The smallest absolute Gasteiger partial charge is 0.337 e. The molecule has 116 valence electrons. The molecule has 6 nitrogen and oxygen atoms in total. The van der Waals surface area contributed by atoms with Crippen molar-refractivity contribution in [2.45, 2.75) is 13.3 Å². The summed E-state index contributed by atoms with van der Waals surface area (Å²) in [6.07, 6.45) is 0.685. The van der Waals surface area contributed by atoms with Gasteiger partial charge in [-0.2, -0.15) is 0 Å². The van der Waals surface area contributed by atoms with Crippen molar-refractivity contribution < 1.29 is 23.5 Å². The number of amides is 2. The predicted molar refractivity (Wildman–Crippen MR) is 73.5 cm³/mol. The Bertz CT molecular complexity index is 524. The topological polar surface area (TPSA) is 90.5 Å². The minimum absolute atomic E-state index is 0.300. The fourth-order valence-electron chi connectivity index (χ4n) is 1.59. The Labute approximate surface area is 120 Å². The second-order valence-corrected chi connectivity index (χ2v) is 4.21. The molecule has 21 heavy (non-hydrogen) atoms. The summed E-state index contributed by atoms with van der Waals surface area (Å²) in [5.74, 6) is -3.98. The monoisotopic (exact) mass is 301 g/mol. The van der Waals surface area contributed by atoms with Crippen LogP contribution in [0.5, 0.6) is 0 Å². The van der Waals surface area contributed by atoms with Gasteiger partial charge in [-0.25, -0.2) is 18.4 Å². The molecule has 2 amide bonds. The van der Waals surface area contributed by atoms with Crippen LogP contribution in [0.2, 0.25) is 0 Å². The van der Waals surface area contributed by atoms with Crippen molar-refractivity contribution in [2.24, 2.45) is 0 Å². The molecule has 0 unspecified atom stereocenters. The van der Waals surface area contributed by atoms with Crippen LogP contribution in [0.3, 0.4) is 0 Å². The lowest BCUT2D eigenvalue weighted by Crippen LogP contribution is -2.31. The van der Waals surface area contributed by atoms with Crippen molar-refractivity contribution in [3.05, 3.63) is 29.3 Å². The van der Waals surface area contributed by atoms with Crippen LogP contribution in [0, 0.1) is 11.6 Å². The minimum Gasteiger partial charge on any atom is -0.478 e. The average Bonchev–Trinajstić information content (AvgIpc) is 2.42. The van der Waals surface area contributed by atoms with E-state index in [1.54, 1.807) is 0 Å². The second-order valence-electron chi connectivity index (χ2n) is 4.21. The first-order chi connectivity index (χ1) is 9.95. The van der Waals surface area contributed by atoms with E-state index in [2.05, 4.69) is 16.0 Å². The summed E-state index contributed by atoms with van der Waals surface area (Å²) >= 11 is 0. The highest BCUT2D eigenvalue weighted by atomic mass is 19.2. The first-order valence-electron chi connectivity index (χ1n) is 6.43. The number of carbonyl (C=O) groups is 2. The van der Waals surface area contributed by atoms with E-state index < -0.39 is 29.2 Å². The zero-order chi connectivity index (χ0) is 15.8. The van der Waals surface area contributed by atoms with Crippen molar-refractivity contribution in [3.8, 4) is 0 Å². The third-order valence-electron chi connectivity index (χ3n) is 2.60. The van der Waals surface area contributed by atoms with E-state index >= 15 is 0 Å². The summed E-state index contributed by atoms with van der Waals surface area (Å²) in [5, 5.41) is 16.7. The van der Waals surface area contributed by atoms with Crippen LogP contribution in [-0.4, -0.2) is 36.7 Å². The van der Waals surface area contributed by atoms with Crippen LogP contribution in [0.1, 0.15) is 23.7 Å². The van der Waals surface area contributed by atoms with Crippen molar-refractivity contribution in [1.29, 1.82) is 0 Å². The number of benzene rings is 1. The Morgan fingerprint density at radius 1 is 1.19 bits per heavy atom. The van der Waals surface area contributed by atoms with Crippen molar-refractivity contribution in [1.82, 2.24) is 10.6 Å². The first-order valence-corrected chi connectivity index (χ1v) is 6.43. The van der Waals surface area contributed by atoms with E-state index in [1.165, 1.54) is 0 Å². The Balaban J connectivity index is 2.63. The fraction of sp³-hybridized carbons (Fsp3) is 0.385. The van der Waals surface area contributed by atoms with Gasteiger partial charge in [-0.3, -0.25) is 0 Å². The zero-order valence-corrected chi connectivity index (χ0v) is 11.5. The number of carboxylic acids is 1. The zero-order valence-electron chi connectivity index (χ0n) is 11.5. The van der Waals surface area contributed by atoms with Crippen LogP contribution >= 0.6 is 0 Å². The summed E-state index contributed by atoms with van der Waals surface area (Å²) in [5.41, 5.74) is -0.817. The van der Waals surface area contributed by atoms with E-state index in [0.29, 0.717) is 25.1 Å². The van der Waals surface area contributed by atoms with Gasteiger partial charge in [-0.15, -0.1) is 0 Å². The van der Waals surface area contributed by atoms with Gasteiger partial charge in [0.15, 0.2) is 11.6 Å². The van der Waals surface area contributed by atoms with Crippen LogP contribution in [0.25, 0.3) is 0 Å². The van der Waals surface area contributed by atoms with Gasteiger partial charge in [0.05, 0.1) is 11.3 Å². The largest absolute Gasteiger partial charge is 0.478 e. The number of anilines is 1. The number of aromatic carboxylic acids is 1. The highest BCUT2D eigenvalue weighted by molar-refractivity contribution is 6.00. The summed E-state index contributed by atoms with van der Waals surface area (Å²) in [4.78, 5) is 22.5. The predicted octanol–water partition coefficient (Wildman–Crippen LogP) is 1.78. The maximum absolute atomic E-state index is 13.1. The molecule has 0 fully saturated rings. The quantitative estimate of drug-likeness (QED) is 0.578. The molecule has 0 spiro atoms. The van der Waals surface area contributed by atoms with Gasteiger partial charge in [-0.05, 0) is 25.6 Å². The van der Waals surface area contributed by atoms with Crippen LogP contribution in [0.15, 0.2) is 12.1 Å². The number of rotatable bonds is 7. The van der Waals surface area contributed by atoms with E-state index in [4.69, 9.17) is 5.11 Å². The van der Waals surface area contributed by atoms with Crippen LogP contribution in [-0.2, 0) is 0 Å². The van der Waals surface area contributed by atoms with Crippen molar-refractivity contribution in [3.63, 3.8) is 0 Å². The summed E-state index contributed by atoms with van der Waals surface area (Å²) in [7, 11) is 0. The fourth-order valence-corrected chi connectivity index (χ4v) is 1.59. The maximum Gasteiger partial charge on any atom is 0.337 e. The van der Waals surface area contributed by atoms with Gasteiger partial charge >= 0.3 is 12.0 Å². The molecule has 0 saturated carbocycles.